The predicted octanol–water partition coefficient (Wildman–Crippen LogP) is 2.38. The smallest absolute Gasteiger partial charge is 0.191 e. The number of nitrogens with zero attached hydrogens (tertiary/aromatic N) is 2. The molecule has 0 unspecified atom stereocenters. The van der Waals surface area contributed by atoms with Crippen molar-refractivity contribution in [2.75, 3.05) is 27.8 Å². The maximum absolute atomic E-state index is 5.44. The number of aryl methyl sites for hydroxylation is 1. The van der Waals surface area contributed by atoms with Gasteiger partial charge in [0.05, 0.1) is 19.2 Å². The minimum absolute atomic E-state index is 0.594. The molecule has 0 bridgehead atoms. The zero-order chi connectivity index (χ0) is 17.4. The van der Waals surface area contributed by atoms with Crippen LogP contribution in [0.25, 0.3) is 0 Å². The average Bonchev–Trinajstić information content (AvgIpc) is 3.02. The molecule has 2 N–H and O–H groups in total. The van der Waals surface area contributed by atoms with Crippen LogP contribution in [0.15, 0.2) is 29.4 Å². The van der Waals surface area contributed by atoms with Gasteiger partial charge in [-0.2, -0.15) is 0 Å². The molecule has 0 amide bonds. The second kappa shape index (κ2) is 9.12. The standard InChI is InChI=1S/C17H24N4O2S/c1-12-10-20-15(24-12)8-9-19-17(18-2)21-11-13-6-5-7-14(22-3)16(13)23-4/h5-7,10H,8-9,11H2,1-4H3,(H2,18,19,21). The summed E-state index contributed by atoms with van der Waals surface area (Å²) in [4.78, 5) is 9.84. The van der Waals surface area contributed by atoms with Gasteiger partial charge in [-0.05, 0) is 13.0 Å². The highest BCUT2D eigenvalue weighted by Crippen LogP contribution is 2.30. The van der Waals surface area contributed by atoms with Crippen molar-refractivity contribution < 1.29 is 9.47 Å². The fourth-order valence-electron chi connectivity index (χ4n) is 2.30. The van der Waals surface area contributed by atoms with E-state index in [4.69, 9.17) is 9.47 Å². The molecule has 2 aromatic rings. The number of guanidine groups is 1. The summed E-state index contributed by atoms with van der Waals surface area (Å²) < 4.78 is 10.8. The number of hydrogen-bond acceptors (Lipinski definition) is 5. The van der Waals surface area contributed by atoms with Gasteiger partial charge in [0, 0.05) is 43.2 Å². The predicted molar refractivity (Wildman–Crippen MR) is 98.3 cm³/mol. The van der Waals surface area contributed by atoms with E-state index in [2.05, 4.69) is 27.5 Å². The van der Waals surface area contributed by atoms with Crippen LogP contribution in [0, 0.1) is 6.92 Å². The Labute approximate surface area is 146 Å². The summed E-state index contributed by atoms with van der Waals surface area (Å²) >= 11 is 1.72. The Morgan fingerprint density at radius 2 is 2.08 bits per heavy atom. The first-order valence-electron chi connectivity index (χ1n) is 7.73. The van der Waals surface area contributed by atoms with Crippen LogP contribution in [0.2, 0.25) is 0 Å². The monoisotopic (exact) mass is 348 g/mol. The van der Waals surface area contributed by atoms with E-state index < -0.39 is 0 Å². The van der Waals surface area contributed by atoms with Gasteiger partial charge in [-0.15, -0.1) is 11.3 Å². The average molecular weight is 348 g/mol. The van der Waals surface area contributed by atoms with Gasteiger partial charge >= 0.3 is 0 Å². The van der Waals surface area contributed by atoms with Crippen LogP contribution in [0.1, 0.15) is 15.4 Å². The molecule has 0 aliphatic carbocycles. The van der Waals surface area contributed by atoms with Crippen molar-refractivity contribution in [1.82, 2.24) is 15.6 Å². The molecule has 0 saturated heterocycles. The quantitative estimate of drug-likeness (QED) is 0.594. The maximum Gasteiger partial charge on any atom is 0.191 e. The molecule has 6 nitrogen and oxygen atoms in total. The number of aliphatic imine (C=N–C) groups is 1. The van der Waals surface area contributed by atoms with Crippen LogP contribution in [0.3, 0.4) is 0 Å². The van der Waals surface area contributed by atoms with E-state index in [1.165, 1.54) is 4.88 Å². The van der Waals surface area contributed by atoms with Crippen LogP contribution in [-0.2, 0) is 13.0 Å². The maximum atomic E-state index is 5.44. The first-order chi connectivity index (χ1) is 11.7. The summed E-state index contributed by atoms with van der Waals surface area (Å²) in [5.74, 6) is 2.20. The zero-order valence-electron chi connectivity index (χ0n) is 14.5. The van der Waals surface area contributed by atoms with Crippen LogP contribution in [-0.4, -0.2) is 38.8 Å². The first kappa shape index (κ1) is 18.1. The number of nitrogens with one attached hydrogen (secondary N) is 2. The van der Waals surface area contributed by atoms with Gasteiger partial charge in [-0.25, -0.2) is 4.98 Å². The fraction of sp³-hybridized carbons (Fsp3) is 0.412. The molecular weight excluding hydrogens is 324 g/mol. The van der Waals surface area contributed by atoms with Gasteiger partial charge < -0.3 is 20.1 Å². The second-order valence-electron chi connectivity index (χ2n) is 5.12. The third kappa shape index (κ3) is 4.86. The number of hydrogen-bond donors (Lipinski definition) is 2. The van der Waals surface area contributed by atoms with Crippen molar-refractivity contribution >= 4 is 17.3 Å². The fourth-order valence-corrected chi connectivity index (χ4v) is 3.08. The van der Waals surface area contributed by atoms with Crippen molar-refractivity contribution in [3.05, 3.63) is 39.8 Å². The highest BCUT2D eigenvalue weighted by molar-refractivity contribution is 7.11. The Bertz CT molecular complexity index is 685. The molecule has 130 valence electrons. The molecule has 1 heterocycles. The van der Waals surface area contributed by atoms with Gasteiger partial charge in [0.25, 0.3) is 0 Å². The molecule has 1 aromatic carbocycles. The normalized spacial score (nSPS) is 11.2. The number of ether oxygens (including phenoxy) is 2. The molecule has 0 aliphatic rings. The summed E-state index contributed by atoms with van der Waals surface area (Å²) in [6.45, 7) is 3.44. The molecule has 24 heavy (non-hydrogen) atoms. The van der Waals surface area contributed by atoms with E-state index in [0.717, 1.165) is 41.0 Å². The van der Waals surface area contributed by atoms with Gasteiger partial charge in [0.2, 0.25) is 0 Å². The minimum Gasteiger partial charge on any atom is -0.493 e. The minimum atomic E-state index is 0.594. The molecule has 0 aliphatic heterocycles. The number of rotatable bonds is 7. The zero-order valence-corrected chi connectivity index (χ0v) is 15.4. The van der Waals surface area contributed by atoms with Gasteiger partial charge in [0.15, 0.2) is 17.5 Å². The lowest BCUT2D eigenvalue weighted by Gasteiger charge is -2.15. The van der Waals surface area contributed by atoms with Crippen LogP contribution in [0.4, 0.5) is 0 Å². The van der Waals surface area contributed by atoms with E-state index in [1.807, 2.05) is 24.4 Å². The van der Waals surface area contributed by atoms with Crippen LogP contribution in [0.5, 0.6) is 11.5 Å². The lowest BCUT2D eigenvalue weighted by molar-refractivity contribution is 0.351. The third-order valence-corrected chi connectivity index (χ3v) is 4.43. The summed E-state index contributed by atoms with van der Waals surface area (Å²) in [7, 11) is 5.03. The number of benzene rings is 1. The molecule has 2 rings (SSSR count). The summed E-state index contributed by atoms with van der Waals surface area (Å²) in [5, 5.41) is 7.72. The van der Waals surface area contributed by atoms with E-state index in [9.17, 15) is 0 Å². The van der Waals surface area contributed by atoms with E-state index in [-0.39, 0.29) is 0 Å². The lowest BCUT2D eigenvalue weighted by atomic mass is 10.2. The van der Waals surface area contributed by atoms with Crippen molar-refractivity contribution in [1.29, 1.82) is 0 Å². The van der Waals surface area contributed by atoms with Crippen molar-refractivity contribution in [3.63, 3.8) is 0 Å². The summed E-state index contributed by atoms with van der Waals surface area (Å²) in [6.07, 6.45) is 2.78. The third-order valence-electron chi connectivity index (χ3n) is 3.45. The molecule has 0 atom stereocenters. The van der Waals surface area contributed by atoms with Crippen molar-refractivity contribution in [2.24, 2.45) is 4.99 Å². The van der Waals surface area contributed by atoms with Crippen molar-refractivity contribution in [2.45, 2.75) is 19.9 Å². The number of para-hydroxylation sites is 1. The Hall–Kier alpha value is -2.28. The van der Waals surface area contributed by atoms with Gasteiger partial charge in [0.1, 0.15) is 0 Å². The topological polar surface area (TPSA) is 67.8 Å². The molecule has 0 saturated carbocycles. The van der Waals surface area contributed by atoms with Crippen molar-refractivity contribution in [3.8, 4) is 11.5 Å². The molecule has 0 radical (unpaired) electrons. The molecule has 0 spiro atoms. The summed E-state index contributed by atoms with van der Waals surface area (Å²) in [6, 6.07) is 5.82. The van der Waals surface area contributed by atoms with E-state index in [0.29, 0.717) is 6.54 Å². The molecule has 0 fully saturated rings. The van der Waals surface area contributed by atoms with Crippen LogP contribution >= 0.6 is 11.3 Å². The Morgan fingerprint density at radius 3 is 2.71 bits per heavy atom. The second-order valence-corrected chi connectivity index (χ2v) is 6.44. The number of thiazole rings is 1. The Morgan fingerprint density at radius 1 is 1.25 bits per heavy atom. The highest BCUT2D eigenvalue weighted by atomic mass is 32.1. The SMILES string of the molecule is CN=C(NCCc1ncc(C)s1)NCc1cccc(OC)c1OC. The molecule has 1 aromatic heterocycles. The molecule has 7 heteroatoms. The van der Waals surface area contributed by atoms with E-state index >= 15 is 0 Å². The van der Waals surface area contributed by atoms with E-state index in [1.54, 1.807) is 32.6 Å². The van der Waals surface area contributed by atoms with Gasteiger partial charge in [-0.1, -0.05) is 12.1 Å². The largest absolute Gasteiger partial charge is 0.493 e. The van der Waals surface area contributed by atoms with Crippen LogP contribution < -0.4 is 20.1 Å². The lowest BCUT2D eigenvalue weighted by Crippen LogP contribution is -2.37. The highest BCUT2D eigenvalue weighted by Gasteiger charge is 2.09. The Balaban J connectivity index is 1.87. The Kier molecular flexibility index (Phi) is 6.87. The number of methoxy groups -OCH3 is 2. The summed E-state index contributed by atoms with van der Waals surface area (Å²) in [5.41, 5.74) is 1.01. The molecular formula is C17H24N4O2S. The number of aromatic nitrogens is 1. The van der Waals surface area contributed by atoms with Gasteiger partial charge in [-0.3, -0.25) is 4.99 Å². The first-order valence-corrected chi connectivity index (χ1v) is 8.55.